The van der Waals surface area contributed by atoms with Crippen LogP contribution in [0.5, 0.6) is 0 Å². The van der Waals surface area contributed by atoms with E-state index in [0.717, 1.165) is 16.7 Å². The van der Waals surface area contributed by atoms with E-state index in [2.05, 4.69) is 65.1 Å². The molecule has 1 heterocycles. The van der Waals surface area contributed by atoms with E-state index < -0.39 is 62.2 Å². The summed E-state index contributed by atoms with van der Waals surface area (Å²) in [5.74, 6) is -1.12. The number of benzene rings is 2. The van der Waals surface area contributed by atoms with Crippen LogP contribution in [0.15, 0.2) is 48.5 Å². The van der Waals surface area contributed by atoms with Crippen molar-refractivity contribution in [1.82, 2.24) is 0 Å². The lowest BCUT2D eigenvalue weighted by atomic mass is 9.86. The van der Waals surface area contributed by atoms with Crippen molar-refractivity contribution in [3.63, 3.8) is 0 Å². The number of methoxy groups -OCH3 is 1. The second-order valence-corrected chi connectivity index (χ2v) is 19.3. The lowest BCUT2D eigenvalue weighted by Crippen LogP contribution is -2.67. The number of esters is 4. The first-order chi connectivity index (χ1) is 23.5. The Labute approximate surface area is 297 Å². The van der Waals surface area contributed by atoms with Crippen LogP contribution in [0, 0.1) is 11.5 Å². The Bertz CT molecular complexity index is 1550. The highest BCUT2D eigenvalue weighted by Gasteiger charge is 2.61. The van der Waals surface area contributed by atoms with Gasteiger partial charge in [0.15, 0.2) is 12.2 Å². The molecule has 0 aliphatic carbocycles. The molecule has 2 aromatic carbocycles. The maximum atomic E-state index is 12.5. The minimum absolute atomic E-state index is 0.368. The second-order valence-electron chi connectivity index (χ2n) is 13.7. The molecular formula is C39H52O10Si. The van der Waals surface area contributed by atoms with Crippen LogP contribution in [0.25, 0.3) is 0 Å². The molecule has 0 amide bonds. The molecule has 1 fully saturated rings. The summed E-state index contributed by atoms with van der Waals surface area (Å²) >= 11 is 0. The van der Waals surface area contributed by atoms with E-state index in [0.29, 0.717) is 28.6 Å². The predicted molar refractivity (Wildman–Crippen MR) is 190 cm³/mol. The third kappa shape index (κ3) is 9.41. The van der Waals surface area contributed by atoms with E-state index in [-0.39, 0.29) is 6.61 Å². The number of carbonyl (C=O) groups is 4. The predicted octanol–water partition coefficient (Wildman–Crippen LogP) is 6.40. The molecule has 1 saturated heterocycles. The molecule has 1 aliphatic rings. The molecule has 0 bridgehead atoms. The van der Waals surface area contributed by atoms with Crippen LogP contribution in [0.4, 0.5) is 0 Å². The first-order valence-electron chi connectivity index (χ1n) is 17.1. The van der Waals surface area contributed by atoms with Gasteiger partial charge in [0.1, 0.15) is 20.8 Å². The molecule has 0 N–H and O–H groups in total. The van der Waals surface area contributed by atoms with Gasteiger partial charge in [0, 0.05) is 45.9 Å². The molecule has 0 radical (unpaired) electrons. The number of carbonyl (C=O) groups excluding carboxylic acids is 4. The summed E-state index contributed by atoms with van der Waals surface area (Å²) in [6.45, 7) is 18.2. The maximum absolute atomic E-state index is 12.5. The Kier molecular flexibility index (Phi) is 14.0. The third-order valence-electron chi connectivity index (χ3n) is 9.32. The van der Waals surface area contributed by atoms with E-state index in [1.54, 1.807) is 6.07 Å². The average molecular weight is 709 g/mol. The van der Waals surface area contributed by atoms with Crippen LogP contribution in [-0.4, -0.2) is 70.1 Å². The van der Waals surface area contributed by atoms with Crippen LogP contribution >= 0.6 is 0 Å². The fourth-order valence-corrected chi connectivity index (χ4v) is 12.5. The fraction of sp³-hybridized carbons (Fsp3) is 0.538. The molecule has 272 valence electrons. The fourth-order valence-electron chi connectivity index (χ4n) is 7.23. The van der Waals surface area contributed by atoms with Crippen molar-refractivity contribution in [2.45, 2.75) is 122 Å². The minimum Gasteiger partial charge on any atom is -0.463 e. The van der Waals surface area contributed by atoms with Crippen LogP contribution in [0.2, 0.25) is 16.6 Å². The van der Waals surface area contributed by atoms with E-state index in [1.165, 1.54) is 34.8 Å². The van der Waals surface area contributed by atoms with Crippen molar-refractivity contribution in [2.24, 2.45) is 0 Å². The molecule has 11 heteroatoms. The molecule has 1 aliphatic heterocycles. The second kappa shape index (κ2) is 17.3. The topological polar surface area (TPSA) is 124 Å². The molecule has 0 saturated carbocycles. The highest BCUT2D eigenvalue weighted by molar-refractivity contribution is 6.90. The smallest absolute Gasteiger partial charge is 0.303 e. The van der Waals surface area contributed by atoms with Gasteiger partial charge in [-0.2, -0.15) is 0 Å². The zero-order valence-electron chi connectivity index (χ0n) is 31.2. The summed E-state index contributed by atoms with van der Waals surface area (Å²) in [4.78, 5) is 48.8. The molecule has 5 atom stereocenters. The standard InChI is InChI=1S/C39H52O10Si/c1-24(2)50(25(3)4,26(5)6)20-19-31-15-17-32(18-16-31)21-33-13-12-14-34(22-33)39(44-11)38(48-30(10)43)37(47-29(9)42)36(46-28(8)41)35(49-39)23-45-27(7)40/h12-18,22,24-26,35-38H,21,23H2,1-11H3/t35-,36-,37+,38-,39?/m1/s1. The van der Waals surface area contributed by atoms with Gasteiger partial charge < -0.3 is 28.4 Å². The summed E-state index contributed by atoms with van der Waals surface area (Å²) < 4.78 is 34.7. The lowest BCUT2D eigenvalue weighted by Gasteiger charge is -2.50. The SMILES string of the molecule is COC1(c2cccc(Cc3ccc(C#C[Si](C(C)C)(C(C)C)C(C)C)cc3)c2)O[C@H](COC(C)=O)[C@@H](OC(C)=O)[C@H](OC(C)=O)[C@H]1OC(C)=O. The van der Waals surface area contributed by atoms with E-state index in [4.69, 9.17) is 28.4 Å². The van der Waals surface area contributed by atoms with Crippen LogP contribution < -0.4 is 0 Å². The number of hydrogen-bond acceptors (Lipinski definition) is 10. The average Bonchev–Trinajstić information content (AvgIpc) is 3.02. The number of rotatable bonds is 12. The largest absolute Gasteiger partial charge is 0.463 e. The van der Waals surface area contributed by atoms with Crippen molar-refractivity contribution >= 4 is 32.0 Å². The maximum Gasteiger partial charge on any atom is 0.303 e. The third-order valence-corrected chi connectivity index (χ3v) is 15.6. The molecule has 3 rings (SSSR count). The van der Waals surface area contributed by atoms with Gasteiger partial charge in [0.2, 0.25) is 11.9 Å². The Hall–Kier alpha value is -3.98. The van der Waals surface area contributed by atoms with Gasteiger partial charge >= 0.3 is 23.9 Å². The van der Waals surface area contributed by atoms with Crippen molar-refractivity contribution in [3.05, 3.63) is 70.8 Å². The molecule has 50 heavy (non-hydrogen) atoms. The Balaban J connectivity index is 2.05. The first-order valence-corrected chi connectivity index (χ1v) is 19.3. The molecule has 10 nitrogen and oxygen atoms in total. The zero-order chi connectivity index (χ0) is 37.4. The van der Waals surface area contributed by atoms with Crippen molar-refractivity contribution < 1.29 is 47.6 Å². The molecule has 2 aromatic rings. The van der Waals surface area contributed by atoms with Crippen LogP contribution in [0.1, 0.15) is 91.5 Å². The first kappa shape index (κ1) is 40.4. The van der Waals surface area contributed by atoms with Gasteiger partial charge in [-0.05, 0) is 52.4 Å². The lowest BCUT2D eigenvalue weighted by molar-refractivity contribution is -0.367. The quantitative estimate of drug-likeness (QED) is 0.106. The monoisotopic (exact) mass is 708 g/mol. The molecule has 0 aromatic heterocycles. The van der Waals surface area contributed by atoms with Gasteiger partial charge in [0.05, 0.1) is 0 Å². The van der Waals surface area contributed by atoms with Crippen molar-refractivity contribution in [1.29, 1.82) is 0 Å². The van der Waals surface area contributed by atoms with E-state index in [1.807, 2.05) is 30.3 Å². The van der Waals surface area contributed by atoms with Crippen LogP contribution in [0.3, 0.4) is 0 Å². The summed E-state index contributed by atoms with van der Waals surface area (Å²) in [7, 11) is -0.511. The summed E-state index contributed by atoms with van der Waals surface area (Å²) in [6, 6.07) is 15.5. The summed E-state index contributed by atoms with van der Waals surface area (Å²) in [6.07, 6.45) is -4.72. The van der Waals surface area contributed by atoms with Gasteiger partial charge in [-0.3, -0.25) is 19.2 Å². The highest BCUT2D eigenvalue weighted by Crippen LogP contribution is 2.44. The Morgan fingerprint density at radius 2 is 1.32 bits per heavy atom. The van der Waals surface area contributed by atoms with Gasteiger partial charge in [-0.1, -0.05) is 77.8 Å². The Morgan fingerprint density at radius 3 is 1.82 bits per heavy atom. The summed E-state index contributed by atoms with van der Waals surface area (Å²) in [5, 5.41) is 0. The number of ether oxygens (including phenoxy) is 6. The van der Waals surface area contributed by atoms with Crippen molar-refractivity contribution in [2.75, 3.05) is 13.7 Å². The van der Waals surface area contributed by atoms with Crippen molar-refractivity contribution in [3.8, 4) is 11.5 Å². The minimum atomic E-state index is -1.87. The summed E-state index contributed by atoms with van der Waals surface area (Å²) in [5.41, 5.74) is 8.74. The number of hydrogen-bond donors (Lipinski definition) is 0. The van der Waals surface area contributed by atoms with Crippen LogP contribution in [-0.2, 0) is 59.8 Å². The van der Waals surface area contributed by atoms with Gasteiger partial charge in [-0.15, -0.1) is 5.54 Å². The molecular weight excluding hydrogens is 657 g/mol. The highest BCUT2D eigenvalue weighted by atomic mass is 28.3. The normalized spacial score (nSPS) is 22.0. The molecule has 1 unspecified atom stereocenters. The van der Waals surface area contributed by atoms with Gasteiger partial charge in [0.25, 0.3) is 0 Å². The van der Waals surface area contributed by atoms with E-state index in [9.17, 15) is 19.2 Å². The zero-order valence-corrected chi connectivity index (χ0v) is 32.2. The van der Waals surface area contributed by atoms with Gasteiger partial charge in [-0.25, -0.2) is 0 Å². The van der Waals surface area contributed by atoms with E-state index >= 15 is 0 Å². The Morgan fingerprint density at radius 1 is 0.760 bits per heavy atom. The molecule has 0 spiro atoms.